The van der Waals surface area contributed by atoms with Crippen molar-refractivity contribution in [2.75, 3.05) is 26.7 Å². The summed E-state index contributed by atoms with van der Waals surface area (Å²) in [7, 11) is 1.39. The lowest BCUT2D eigenvalue weighted by Gasteiger charge is -2.23. The van der Waals surface area contributed by atoms with E-state index in [0.717, 1.165) is 25.9 Å². The van der Waals surface area contributed by atoms with Crippen LogP contribution in [0.3, 0.4) is 0 Å². The molecule has 0 radical (unpaired) electrons. The number of aromatic hydroxyl groups is 1. The number of phenolic OH excluding ortho intramolecular Hbond substituents is 1. The van der Waals surface area contributed by atoms with Crippen LogP contribution in [0.5, 0.6) is 11.5 Å². The molecule has 8 heteroatoms. The predicted molar refractivity (Wildman–Crippen MR) is 94.5 cm³/mol. The van der Waals surface area contributed by atoms with Crippen molar-refractivity contribution in [3.05, 3.63) is 21.7 Å². The van der Waals surface area contributed by atoms with Gasteiger partial charge in [-0.15, -0.1) is 12.4 Å². The summed E-state index contributed by atoms with van der Waals surface area (Å²) in [6, 6.07) is 1.67. The van der Waals surface area contributed by atoms with E-state index in [0.29, 0.717) is 12.6 Å². The zero-order valence-corrected chi connectivity index (χ0v) is 15.4. The maximum Gasteiger partial charge on any atom is 0.259 e. The van der Waals surface area contributed by atoms with E-state index in [1.807, 2.05) is 0 Å². The van der Waals surface area contributed by atoms with Crippen LogP contribution in [0.4, 0.5) is 0 Å². The summed E-state index contributed by atoms with van der Waals surface area (Å²) in [5.41, 5.74) is -0.0268. The second kappa shape index (κ2) is 8.83. The number of benzene rings is 1. The molecular weight excluding hydrogens is 363 g/mol. The van der Waals surface area contributed by atoms with Gasteiger partial charge in [0.2, 0.25) is 0 Å². The normalized spacial score (nSPS) is 17.7. The number of halogens is 3. The summed E-state index contributed by atoms with van der Waals surface area (Å²) in [6.07, 6.45) is 2.18. The number of likely N-dealkylation sites (tertiary alicyclic amines) is 1. The average Bonchev–Trinajstić information content (AvgIpc) is 2.95. The van der Waals surface area contributed by atoms with Gasteiger partial charge in [-0.25, -0.2) is 0 Å². The molecule has 1 fully saturated rings. The van der Waals surface area contributed by atoms with Gasteiger partial charge in [0, 0.05) is 12.6 Å². The minimum Gasteiger partial charge on any atom is -0.505 e. The highest BCUT2D eigenvalue weighted by molar-refractivity contribution is 6.37. The van der Waals surface area contributed by atoms with Crippen LogP contribution < -0.4 is 10.1 Å². The number of amides is 1. The number of carbonyl (C=O) groups is 1. The van der Waals surface area contributed by atoms with E-state index in [-0.39, 0.29) is 39.5 Å². The number of nitrogens with zero attached hydrogens (tertiary/aromatic N) is 1. The monoisotopic (exact) mass is 382 g/mol. The van der Waals surface area contributed by atoms with E-state index in [4.69, 9.17) is 27.9 Å². The minimum atomic E-state index is -0.443. The lowest BCUT2D eigenvalue weighted by Crippen LogP contribution is -2.40. The summed E-state index contributed by atoms with van der Waals surface area (Å²) in [6.45, 7) is 4.62. The molecule has 2 N–H and O–H groups in total. The molecule has 1 aliphatic rings. The number of methoxy groups -OCH3 is 1. The van der Waals surface area contributed by atoms with Crippen molar-refractivity contribution in [1.82, 2.24) is 10.2 Å². The third-order valence-corrected chi connectivity index (χ3v) is 4.56. The van der Waals surface area contributed by atoms with Gasteiger partial charge in [-0.3, -0.25) is 9.69 Å². The maximum atomic E-state index is 12.4. The molecule has 2 rings (SSSR count). The molecule has 1 heterocycles. The summed E-state index contributed by atoms with van der Waals surface area (Å²) in [4.78, 5) is 14.7. The summed E-state index contributed by atoms with van der Waals surface area (Å²) in [5.74, 6) is -0.638. The van der Waals surface area contributed by atoms with Gasteiger partial charge < -0.3 is 15.2 Å². The molecule has 1 aromatic carbocycles. The van der Waals surface area contributed by atoms with Gasteiger partial charge in [0.25, 0.3) is 5.91 Å². The van der Waals surface area contributed by atoms with Crippen LogP contribution in [0, 0.1) is 0 Å². The first-order valence-corrected chi connectivity index (χ1v) is 8.02. The summed E-state index contributed by atoms with van der Waals surface area (Å²) in [5, 5.41) is 13.1. The first-order valence-electron chi connectivity index (χ1n) is 7.26. The number of hydrogen-bond donors (Lipinski definition) is 2. The Balaban J connectivity index is 0.00000264. The van der Waals surface area contributed by atoms with Crippen LogP contribution in [0.25, 0.3) is 0 Å². The largest absolute Gasteiger partial charge is 0.505 e. The number of hydrogen-bond acceptors (Lipinski definition) is 4. The Morgan fingerprint density at radius 2 is 2.17 bits per heavy atom. The van der Waals surface area contributed by atoms with Crippen molar-refractivity contribution in [2.24, 2.45) is 0 Å². The van der Waals surface area contributed by atoms with E-state index in [1.54, 1.807) is 0 Å². The van der Waals surface area contributed by atoms with Crippen LogP contribution in [0.1, 0.15) is 30.1 Å². The van der Waals surface area contributed by atoms with Gasteiger partial charge in [-0.1, -0.05) is 30.1 Å². The zero-order valence-electron chi connectivity index (χ0n) is 13.1. The van der Waals surface area contributed by atoms with Crippen molar-refractivity contribution in [3.8, 4) is 11.5 Å². The third kappa shape index (κ3) is 4.35. The Bertz CT molecular complexity index is 569. The molecule has 23 heavy (non-hydrogen) atoms. The molecule has 1 amide bonds. The fraction of sp³-hybridized carbons (Fsp3) is 0.533. The van der Waals surface area contributed by atoms with Crippen LogP contribution in [-0.4, -0.2) is 48.7 Å². The van der Waals surface area contributed by atoms with Crippen molar-refractivity contribution in [3.63, 3.8) is 0 Å². The fourth-order valence-corrected chi connectivity index (χ4v) is 3.38. The number of likely N-dealkylation sites (N-methyl/N-ethyl adjacent to an activating group) is 1. The molecule has 130 valence electrons. The molecule has 0 aromatic heterocycles. The SMILES string of the molecule is CCN1CCC[C@@H]1CNC(=O)c1c(O)c(Cl)cc(Cl)c1OC.Cl. The minimum absolute atomic E-state index is 0. The van der Waals surface area contributed by atoms with Crippen LogP contribution in [0.2, 0.25) is 10.0 Å². The summed E-state index contributed by atoms with van der Waals surface area (Å²) < 4.78 is 5.13. The molecule has 0 aliphatic carbocycles. The average molecular weight is 384 g/mol. The maximum absolute atomic E-state index is 12.4. The standard InChI is InChI=1S/C15H20Cl2N2O3.ClH/c1-3-19-6-4-5-9(19)8-18-15(21)12-13(20)10(16)7-11(17)14(12)22-2;/h7,9,20H,3-6,8H2,1-2H3,(H,18,21);1H/t9-;/m1./s1. The van der Waals surface area contributed by atoms with Gasteiger partial charge in [0.1, 0.15) is 5.56 Å². The molecule has 0 unspecified atom stereocenters. The Labute approximate surface area is 152 Å². The van der Waals surface area contributed by atoms with Gasteiger partial charge in [0.15, 0.2) is 11.5 Å². The Hall–Kier alpha value is -0.880. The Morgan fingerprint density at radius 3 is 2.78 bits per heavy atom. The lowest BCUT2D eigenvalue weighted by atomic mass is 10.1. The fourth-order valence-electron chi connectivity index (χ4n) is 2.84. The van der Waals surface area contributed by atoms with Crippen LogP contribution in [0.15, 0.2) is 6.07 Å². The van der Waals surface area contributed by atoms with E-state index >= 15 is 0 Å². The Kier molecular flexibility index (Phi) is 7.74. The lowest BCUT2D eigenvalue weighted by molar-refractivity contribution is 0.0935. The van der Waals surface area contributed by atoms with E-state index in [2.05, 4.69) is 17.1 Å². The molecule has 0 bridgehead atoms. The number of rotatable bonds is 5. The Morgan fingerprint density at radius 1 is 1.48 bits per heavy atom. The molecule has 1 saturated heterocycles. The zero-order chi connectivity index (χ0) is 16.3. The highest BCUT2D eigenvalue weighted by Crippen LogP contribution is 2.40. The first kappa shape index (κ1) is 20.2. The van der Waals surface area contributed by atoms with E-state index < -0.39 is 5.91 Å². The number of carbonyl (C=O) groups excluding carboxylic acids is 1. The summed E-state index contributed by atoms with van der Waals surface area (Å²) >= 11 is 11.9. The highest BCUT2D eigenvalue weighted by Gasteiger charge is 2.26. The highest BCUT2D eigenvalue weighted by atomic mass is 35.5. The quantitative estimate of drug-likeness (QED) is 0.818. The van der Waals surface area contributed by atoms with Crippen molar-refractivity contribution >= 4 is 41.5 Å². The molecule has 0 spiro atoms. The predicted octanol–water partition coefficient (Wildman–Crippen LogP) is 3.34. The second-order valence-electron chi connectivity index (χ2n) is 5.23. The molecule has 0 saturated carbocycles. The van der Waals surface area contributed by atoms with Crippen molar-refractivity contribution in [2.45, 2.75) is 25.8 Å². The number of nitrogens with one attached hydrogen (secondary N) is 1. The molecular formula is C15H21Cl3N2O3. The van der Waals surface area contributed by atoms with E-state index in [9.17, 15) is 9.90 Å². The van der Waals surface area contributed by atoms with Gasteiger partial charge in [0.05, 0.1) is 17.2 Å². The van der Waals surface area contributed by atoms with E-state index in [1.165, 1.54) is 13.2 Å². The van der Waals surface area contributed by atoms with Gasteiger partial charge >= 0.3 is 0 Å². The second-order valence-corrected chi connectivity index (χ2v) is 6.05. The molecule has 5 nitrogen and oxygen atoms in total. The molecule has 1 aromatic rings. The smallest absolute Gasteiger partial charge is 0.259 e. The van der Waals surface area contributed by atoms with Crippen LogP contribution in [-0.2, 0) is 0 Å². The number of ether oxygens (including phenoxy) is 1. The van der Waals surface area contributed by atoms with Gasteiger partial charge in [-0.05, 0) is 32.0 Å². The van der Waals surface area contributed by atoms with Gasteiger partial charge in [-0.2, -0.15) is 0 Å². The van der Waals surface area contributed by atoms with Crippen molar-refractivity contribution < 1.29 is 14.6 Å². The topological polar surface area (TPSA) is 61.8 Å². The molecule has 1 atom stereocenters. The number of phenols is 1. The van der Waals surface area contributed by atoms with Crippen LogP contribution >= 0.6 is 35.6 Å². The third-order valence-electron chi connectivity index (χ3n) is 4.00. The molecule has 1 aliphatic heterocycles. The van der Waals surface area contributed by atoms with Crippen molar-refractivity contribution in [1.29, 1.82) is 0 Å². The first-order chi connectivity index (χ1) is 10.5.